The van der Waals surface area contributed by atoms with Gasteiger partial charge >= 0.3 is 0 Å². The zero-order valence-corrected chi connectivity index (χ0v) is 8.52. The van der Waals surface area contributed by atoms with E-state index in [0.717, 1.165) is 10.6 Å². The average molecular weight is 229 g/mol. The highest BCUT2D eigenvalue weighted by atomic mass is 16.3. The van der Waals surface area contributed by atoms with E-state index < -0.39 is 0 Å². The van der Waals surface area contributed by atoms with Crippen LogP contribution in [-0.4, -0.2) is 34.8 Å². The molecule has 3 heterocycles. The topological polar surface area (TPSA) is 96.4 Å². The van der Waals surface area contributed by atoms with Crippen LogP contribution in [0, 0.1) is 0 Å². The van der Waals surface area contributed by atoms with Crippen molar-refractivity contribution >= 4 is 5.78 Å². The first-order chi connectivity index (χ1) is 8.24. The molecule has 84 valence electrons. The van der Waals surface area contributed by atoms with E-state index in [9.17, 15) is 10.2 Å². The third-order valence-corrected chi connectivity index (χ3v) is 2.17. The Morgan fingerprint density at radius 1 is 1.12 bits per heavy atom. The number of aromatic nitrogens is 5. The van der Waals surface area contributed by atoms with Gasteiger partial charge in [-0.25, -0.2) is 0 Å². The third-order valence-electron chi connectivity index (χ3n) is 2.17. The molecule has 0 radical (unpaired) electrons. The van der Waals surface area contributed by atoms with Gasteiger partial charge in [-0.05, 0) is 12.1 Å². The standard InChI is InChI=1S/C10H7N5O2/c16-7-5-8(17)15-10(12-7)13-9(14-15)6-3-1-2-4-11-6/h1-5,17H,(H,12,13,14,16). The zero-order valence-electron chi connectivity index (χ0n) is 8.52. The number of hydrogen-bond acceptors (Lipinski definition) is 6. The Morgan fingerprint density at radius 2 is 2.00 bits per heavy atom. The molecule has 0 saturated heterocycles. The highest BCUT2D eigenvalue weighted by Crippen LogP contribution is 2.19. The molecule has 0 bridgehead atoms. The van der Waals surface area contributed by atoms with Crippen molar-refractivity contribution in [2.45, 2.75) is 0 Å². The molecule has 7 heteroatoms. The molecule has 3 aromatic heterocycles. The minimum absolute atomic E-state index is 0.114. The van der Waals surface area contributed by atoms with Gasteiger partial charge in [0, 0.05) is 6.20 Å². The van der Waals surface area contributed by atoms with Crippen LogP contribution in [0.1, 0.15) is 0 Å². The summed E-state index contributed by atoms with van der Waals surface area (Å²) < 4.78 is 1.13. The van der Waals surface area contributed by atoms with E-state index in [-0.39, 0.29) is 17.5 Å². The van der Waals surface area contributed by atoms with Crippen molar-refractivity contribution in [3.8, 4) is 23.3 Å². The molecule has 3 aromatic rings. The summed E-state index contributed by atoms with van der Waals surface area (Å²) in [5.41, 5.74) is 0.567. The van der Waals surface area contributed by atoms with Gasteiger partial charge in [0.2, 0.25) is 17.6 Å². The Kier molecular flexibility index (Phi) is 1.91. The second kappa shape index (κ2) is 3.41. The largest absolute Gasteiger partial charge is 0.493 e. The molecule has 0 aliphatic carbocycles. The second-order valence-electron chi connectivity index (χ2n) is 3.33. The first-order valence-electron chi connectivity index (χ1n) is 4.81. The van der Waals surface area contributed by atoms with Crippen LogP contribution in [0.4, 0.5) is 0 Å². The maximum absolute atomic E-state index is 9.55. The van der Waals surface area contributed by atoms with Gasteiger partial charge in [0.25, 0.3) is 5.78 Å². The Hall–Kier alpha value is -2.70. The van der Waals surface area contributed by atoms with Gasteiger partial charge in [0.1, 0.15) is 5.69 Å². The predicted octanol–water partition coefficient (Wildman–Crippen LogP) is 0.597. The summed E-state index contributed by atoms with van der Waals surface area (Å²) in [6.07, 6.45) is 1.62. The number of nitrogens with zero attached hydrogens (tertiary/aromatic N) is 5. The SMILES string of the molecule is Oc1cc(O)n2nc(-c3ccccn3)nc2n1. The summed E-state index contributed by atoms with van der Waals surface area (Å²) in [4.78, 5) is 11.9. The van der Waals surface area contributed by atoms with Gasteiger partial charge in [-0.15, -0.1) is 5.10 Å². The van der Waals surface area contributed by atoms with Crippen LogP contribution in [0.2, 0.25) is 0 Å². The van der Waals surface area contributed by atoms with Crippen LogP contribution in [-0.2, 0) is 0 Å². The van der Waals surface area contributed by atoms with Crippen LogP contribution in [0.5, 0.6) is 11.8 Å². The molecule has 0 aliphatic rings. The zero-order chi connectivity index (χ0) is 11.8. The van der Waals surface area contributed by atoms with Crippen molar-refractivity contribution in [1.29, 1.82) is 0 Å². The van der Waals surface area contributed by atoms with Crippen LogP contribution in [0.15, 0.2) is 30.5 Å². The Labute approximate surface area is 95.0 Å². The lowest BCUT2D eigenvalue weighted by Crippen LogP contribution is -1.91. The van der Waals surface area contributed by atoms with E-state index in [1.807, 2.05) is 0 Å². The fourth-order valence-electron chi connectivity index (χ4n) is 1.44. The van der Waals surface area contributed by atoms with E-state index in [4.69, 9.17) is 0 Å². The highest BCUT2D eigenvalue weighted by Gasteiger charge is 2.11. The molecule has 0 amide bonds. The molecular weight excluding hydrogens is 222 g/mol. The summed E-state index contributed by atoms with van der Waals surface area (Å²) >= 11 is 0. The van der Waals surface area contributed by atoms with E-state index in [1.165, 1.54) is 0 Å². The van der Waals surface area contributed by atoms with Crippen molar-refractivity contribution in [3.63, 3.8) is 0 Å². The van der Waals surface area contributed by atoms with Gasteiger partial charge < -0.3 is 10.2 Å². The molecular formula is C10H7N5O2. The van der Waals surface area contributed by atoms with Gasteiger partial charge in [-0.3, -0.25) is 4.98 Å². The highest BCUT2D eigenvalue weighted by molar-refractivity contribution is 5.52. The third kappa shape index (κ3) is 1.53. The number of rotatable bonds is 1. The summed E-state index contributed by atoms with van der Waals surface area (Å²) in [6, 6.07) is 6.41. The van der Waals surface area contributed by atoms with Crippen molar-refractivity contribution in [1.82, 2.24) is 24.6 Å². The Morgan fingerprint density at radius 3 is 2.76 bits per heavy atom. The normalized spacial score (nSPS) is 10.8. The Balaban J connectivity index is 2.24. The van der Waals surface area contributed by atoms with E-state index >= 15 is 0 Å². The molecule has 0 saturated carbocycles. The summed E-state index contributed by atoms with van der Waals surface area (Å²) in [6.45, 7) is 0. The monoisotopic (exact) mass is 229 g/mol. The molecule has 0 aliphatic heterocycles. The van der Waals surface area contributed by atoms with E-state index in [0.29, 0.717) is 11.5 Å². The lowest BCUT2D eigenvalue weighted by atomic mass is 10.3. The second-order valence-corrected chi connectivity index (χ2v) is 3.33. The fourth-order valence-corrected chi connectivity index (χ4v) is 1.44. The number of hydrogen-bond donors (Lipinski definition) is 2. The van der Waals surface area contributed by atoms with Gasteiger partial charge in [-0.1, -0.05) is 6.07 Å². The quantitative estimate of drug-likeness (QED) is 0.634. The lowest BCUT2D eigenvalue weighted by molar-refractivity contribution is 0.412. The molecule has 17 heavy (non-hydrogen) atoms. The van der Waals surface area contributed by atoms with Gasteiger partial charge in [0.15, 0.2) is 0 Å². The van der Waals surface area contributed by atoms with Gasteiger partial charge in [-0.2, -0.15) is 14.5 Å². The number of pyridine rings is 1. The Bertz CT molecular complexity index is 680. The van der Waals surface area contributed by atoms with Crippen LogP contribution in [0.3, 0.4) is 0 Å². The van der Waals surface area contributed by atoms with Crippen LogP contribution >= 0.6 is 0 Å². The predicted molar refractivity (Wildman–Crippen MR) is 57.3 cm³/mol. The lowest BCUT2D eigenvalue weighted by Gasteiger charge is -1.94. The van der Waals surface area contributed by atoms with Crippen LogP contribution < -0.4 is 0 Å². The maximum Gasteiger partial charge on any atom is 0.259 e. The minimum Gasteiger partial charge on any atom is -0.493 e. The molecule has 2 N–H and O–H groups in total. The molecule has 3 rings (SSSR count). The average Bonchev–Trinajstić information content (AvgIpc) is 2.74. The van der Waals surface area contributed by atoms with E-state index in [2.05, 4.69) is 20.1 Å². The van der Waals surface area contributed by atoms with Crippen molar-refractivity contribution in [3.05, 3.63) is 30.5 Å². The molecule has 0 atom stereocenters. The molecule has 0 spiro atoms. The summed E-state index contributed by atoms with van der Waals surface area (Å²) in [5, 5.41) is 22.8. The van der Waals surface area contributed by atoms with Crippen molar-refractivity contribution < 1.29 is 10.2 Å². The minimum atomic E-state index is -0.310. The van der Waals surface area contributed by atoms with Crippen LogP contribution in [0.25, 0.3) is 17.3 Å². The molecule has 0 aromatic carbocycles. The molecule has 0 fully saturated rings. The first kappa shape index (κ1) is 9.52. The van der Waals surface area contributed by atoms with Crippen molar-refractivity contribution in [2.75, 3.05) is 0 Å². The first-order valence-corrected chi connectivity index (χ1v) is 4.81. The molecule has 0 unspecified atom stereocenters. The van der Waals surface area contributed by atoms with Gasteiger partial charge in [0.05, 0.1) is 6.07 Å². The maximum atomic E-state index is 9.55. The number of aromatic hydroxyl groups is 2. The summed E-state index contributed by atoms with van der Waals surface area (Å²) in [7, 11) is 0. The molecule has 7 nitrogen and oxygen atoms in total. The number of fused-ring (bicyclic) bond motifs is 1. The summed E-state index contributed by atoms with van der Waals surface area (Å²) in [5.74, 6) is -0.0979. The fraction of sp³-hybridized carbons (Fsp3) is 0. The van der Waals surface area contributed by atoms with E-state index in [1.54, 1.807) is 24.4 Å². The smallest absolute Gasteiger partial charge is 0.259 e. The van der Waals surface area contributed by atoms with Crippen molar-refractivity contribution in [2.24, 2.45) is 0 Å².